The molecule has 0 radical (unpaired) electrons. The summed E-state index contributed by atoms with van der Waals surface area (Å²) >= 11 is 0. The third kappa shape index (κ3) is 6.27. The lowest BCUT2D eigenvalue weighted by Crippen LogP contribution is -2.61. The van der Waals surface area contributed by atoms with Gasteiger partial charge in [0.05, 0.1) is 31.5 Å². The Morgan fingerprint density at radius 3 is 2.61 bits per heavy atom. The van der Waals surface area contributed by atoms with Gasteiger partial charge < -0.3 is 19.1 Å². The Kier molecular flexibility index (Phi) is 8.35. The monoisotopic (exact) mass is 504 g/mol. The highest BCUT2D eigenvalue weighted by Crippen LogP contribution is 2.37. The number of methoxy groups -OCH3 is 1. The van der Waals surface area contributed by atoms with E-state index in [2.05, 4.69) is 19.1 Å². The van der Waals surface area contributed by atoms with Crippen molar-refractivity contribution in [2.75, 3.05) is 39.8 Å². The molecule has 2 saturated heterocycles. The molecule has 4 rings (SSSR count). The van der Waals surface area contributed by atoms with Crippen LogP contribution in [0.25, 0.3) is 0 Å². The number of benzene rings is 1. The van der Waals surface area contributed by atoms with Crippen molar-refractivity contribution in [3.63, 3.8) is 0 Å². The Hall–Kier alpha value is -2.45. The van der Waals surface area contributed by atoms with Crippen molar-refractivity contribution in [2.24, 2.45) is 5.92 Å². The fourth-order valence-electron chi connectivity index (χ4n) is 5.45. The van der Waals surface area contributed by atoms with E-state index in [1.807, 2.05) is 29.7 Å². The molecule has 0 aromatic heterocycles. The minimum absolute atomic E-state index is 0.00806. The zero-order valence-corrected chi connectivity index (χ0v) is 21.7. The average Bonchev–Trinajstić information content (AvgIpc) is 2.83. The van der Waals surface area contributed by atoms with E-state index in [9.17, 15) is 13.6 Å². The molecule has 0 bridgehead atoms. The van der Waals surface area contributed by atoms with Gasteiger partial charge in [0, 0.05) is 31.7 Å². The number of ether oxygens (including phenoxy) is 3. The molecular formula is C28H38F2N2O4. The van der Waals surface area contributed by atoms with Gasteiger partial charge in [0.2, 0.25) is 0 Å². The topological polar surface area (TPSA) is 51.2 Å². The van der Waals surface area contributed by atoms with Gasteiger partial charge in [-0.1, -0.05) is 25.2 Å². The van der Waals surface area contributed by atoms with E-state index in [0.29, 0.717) is 62.0 Å². The fourth-order valence-corrected chi connectivity index (χ4v) is 5.45. The van der Waals surface area contributed by atoms with Gasteiger partial charge in [-0.15, -0.1) is 0 Å². The molecule has 2 aliphatic heterocycles. The van der Waals surface area contributed by atoms with Crippen molar-refractivity contribution in [1.82, 2.24) is 9.80 Å². The minimum atomic E-state index is -2.39. The molecule has 2 fully saturated rings. The highest BCUT2D eigenvalue weighted by atomic mass is 19.3. The Morgan fingerprint density at radius 1 is 1.22 bits per heavy atom. The lowest BCUT2D eigenvalue weighted by molar-refractivity contribution is -0.167. The maximum absolute atomic E-state index is 13.3. The number of alkyl halides is 2. The molecule has 2 unspecified atom stereocenters. The quantitative estimate of drug-likeness (QED) is 0.526. The summed E-state index contributed by atoms with van der Waals surface area (Å²) in [6.07, 6.45) is 5.76. The largest absolute Gasteiger partial charge is 0.493 e. The van der Waals surface area contributed by atoms with E-state index < -0.39 is 12.0 Å². The SMILES string of the molecule is COc1cc(C(=O)N2CCC3(CC2)CN(CC(F)F)CC(C2=CC=CC(C)C2)O3)ccc1OC(C)C. The predicted octanol–water partition coefficient (Wildman–Crippen LogP) is 4.95. The van der Waals surface area contributed by atoms with Gasteiger partial charge >= 0.3 is 0 Å². The molecule has 0 saturated carbocycles. The van der Waals surface area contributed by atoms with E-state index in [1.165, 1.54) is 0 Å². The van der Waals surface area contributed by atoms with Crippen LogP contribution in [0.3, 0.4) is 0 Å². The highest BCUT2D eigenvalue weighted by Gasteiger charge is 2.45. The first-order chi connectivity index (χ1) is 17.2. The molecule has 0 N–H and O–H groups in total. The normalized spacial score (nSPS) is 24.3. The predicted molar refractivity (Wildman–Crippen MR) is 135 cm³/mol. The van der Waals surface area contributed by atoms with Crippen LogP contribution in [0.15, 0.2) is 42.0 Å². The Labute approximate surface area is 212 Å². The maximum atomic E-state index is 13.3. The minimum Gasteiger partial charge on any atom is -0.493 e. The number of allylic oxidation sites excluding steroid dienone is 3. The van der Waals surface area contributed by atoms with Crippen LogP contribution in [0.1, 0.15) is 50.4 Å². The van der Waals surface area contributed by atoms with Gasteiger partial charge in [-0.25, -0.2) is 8.78 Å². The number of hydrogen-bond donors (Lipinski definition) is 0. The van der Waals surface area contributed by atoms with E-state index in [0.717, 1.165) is 12.0 Å². The standard InChI is InChI=1S/C28H38F2N2O4/c1-19(2)35-23-9-8-22(15-24(23)34-4)27(33)32-12-10-28(11-13-32)18-31(17-26(29)30)16-25(36-28)21-7-5-6-20(3)14-21/h5-9,15,19-20,25-26H,10-14,16-18H2,1-4H3. The van der Waals surface area contributed by atoms with Gasteiger partial charge in [0.15, 0.2) is 11.5 Å². The van der Waals surface area contributed by atoms with Crippen molar-refractivity contribution < 1.29 is 27.8 Å². The number of hydrogen-bond acceptors (Lipinski definition) is 5. The first-order valence-electron chi connectivity index (χ1n) is 12.9. The van der Waals surface area contributed by atoms with Crippen molar-refractivity contribution in [3.8, 4) is 11.5 Å². The molecule has 1 aromatic rings. The number of amides is 1. The van der Waals surface area contributed by atoms with Gasteiger partial charge in [-0.05, 0) is 62.8 Å². The summed E-state index contributed by atoms with van der Waals surface area (Å²) in [6, 6.07) is 5.24. The lowest BCUT2D eigenvalue weighted by Gasteiger charge is -2.50. The molecule has 3 aliphatic rings. The molecule has 2 heterocycles. The third-order valence-corrected chi connectivity index (χ3v) is 7.18. The summed E-state index contributed by atoms with van der Waals surface area (Å²) in [5.41, 5.74) is 1.17. The summed E-state index contributed by atoms with van der Waals surface area (Å²) in [5.74, 6) is 1.45. The van der Waals surface area contributed by atoms with Crippen LogP contribution in [0.5, 0.6) is 11.5 Å². The lowest BCUT2D eigenvalue weighted by atomic mass is 9.85. The van der Waals surface area contributed by atoms with Crippen LogP contribution in [0, 0.1) is 5.92 Å². The van der Waals surface area contributed by atoms with Crippen molar-refractivity contribution in [1.29, 1.82) is 0 Å². The first kappa shape index (κ1) is 26.6. The number of halogens is 2. The number of nitrogens with zero attached hydrogens (tertiary/aromatic N) is 2. The summed E-state index contributed by atoms with van der Waals surface area (Å²) in [7, 11) is 1.56. The van der Waals surface area contributed by atoms with E-state index in [1.54, 1.807) is 25.3 Å². The first-order valence-corrected chi connectivity index (χ1v) is 12.9. The van der Waals surface area contributed by atoms with E-state index in [4.69, 9.17) is 14.2 Å². The Morgan fingerprint density at radius 2 is 1.97 bits per heavy atom. The second-order valence-electron chi connectivity index (χ2n) is 10.5. The summed E-state index contributed by atoms with van der Waals surface area (Å²) in [4.78, 5) is 17.0. The molecule has 8 heteroatoms. The molecule has 6 nitrogen and oxygen atoms in total. The van der Waals surface area contributed by atoms with Crippen molar-refractivity contribution in [2.45, 2.75) is 64.3 Å². The van der Waals surface area contributed by atoms with E-state index in [-0.39, 0.29) is 24.7 Å². The Bertz CT molecular complexity index is 986. The average molecular weight is 505 g/mol. The number of morpholine rings is 1. The third-order valence-electron chi connectivity index (χ3n) is 7.18. The maximum Gasteiger partial charge on any atom is 0.253 e. The van der Waals surface area contributed by atoms with Crippen LogP contribution in [0.2, 0.25) is 0 Å². The van der Waals surface area contributed by atoms with Gasteiger partial charge in [-0.3, -0.25) is 9.69 Å². The number of piperidine rings is 1. The molecule has 198 valence electrons. The van der Waals surface area contributed by atoms with Crippen LogP contribution >= 0.6 is 0 Å². The van der Waals surface area contributed by atoms with Gasteiger partial charge in [0.25, 0.3) is 12.3 Å². The van der Waals surface area contributed by atoms with Gasteiger partial charge in [0.1, 0.15) is 0 Å². The highest BCUT2D eigenvalue weighted by molar-refractivity contribution is 5.95. The molecule has 1 spiro atoms. The molecule has 1 aromatic carbocycles. The summed E-state index contributed by atoms with van der Waals surface area (Å²) < 4.78 is 44.6. The molecular weight excluding hydrogens is 466 g/mol. The van der Waals surface area contributed by atoms with Crippen molar-refractivity contribution in [3.05, 3.63) is 47.6 Å². The van der Waals surface area contributed by atoms with Crippen LogP contribution in [-0.4, -0.2) is 79.8 Å². The smallest absolute Gasteiger partial charge is 0.253 e. The van der Waals surface area contributed by atoms with Crippen LogP contribution in [-0.2, 0) is 4.74 Å². The summed E-state index contributed by atoms with van der Waals surface area (Å²) in [6.45, 7) is 7.73. The summed E-state index contributed by atoms with van der Waals surface area (Å²) in [5, 5.41) is 0. The van der Waals surface area contributed by atoms with Crippen LogP contribution in [0.4, 0.5) is 8.78 Å². The second-order valence-corrected chi connectivity index (χ2v) is 10.5. The molecule has 1 amide bonds. The molecule has 36 heavy (non-hydrogen) atoms. The molecule has 1 aliphatic carbocycles. The number of likely N-dealkylation sites (tertiary alicyclic amines) is 1. The number of rotatable bonds is 7. The fraction of sp³-hybridized carbons (Fsp3) is 0.607. The molecule has 2 atom stereocenters. The number of carbonyl (C=O) groups is 1. The zero-order valence-electron chi connectivity index (χ0n) is 21.7. The second kappa shape index (κ2) is 11.3. The van der Waals surface area contributed by atoms with Crippen molar-refractivity contribution >= 4 is 5.91 Å². The van der Waals surface area contributed by atoms with E-state index >= 15 is 0 Å². The van der Waals surface area contributed by atoms with Crippen LogP contribution < -0.4 is 9.47 Å². The zero-order chi connectivity index (χ0) is 25.9. The number of carbonyl (C=O) groups excluding carboxylic acids is 1. The Balaban J connectivity index is 1.46. The van der Waals surface area contributed by atoms with Gasteiger partial charge in [-0.2, -0.15) is 0 Å².